The topological polar surface area (TPSA) is 21.7 Å². The molecule has 2 heterocycles. The molecular formula is C39H42N3S+. The summed E-state index contributed by atoms with van der Waals surface area (Å²) >= 11 is 1.91. The standard InChI is InChI=1S/C39H42N3S/c1-24(2)30-22-29(27-14-8-7-9-15-27)23-31(25(3)4)37(30)42-33-19-13-12-18-32(33)41(6)39(42)35-26(5)20-21-34-36(35)40-38(43-34)28-16-10-11-17-28/h7-9,12-15,18-25,28H,10-11,16-17H2,1-6H3/q+1. The predicted molar refractivity (Wildman–Crippen MR) is 183 cm³/mol. The molecule has 2 aromatic heterocycles. The molecule has 0 aliphatic heterocycles. The van der Waals surface area contributed by atoms with Crippen LogP contribution < -0.4 is 4.57 Å². The number of imidazole rings is 1. The molecular weight excluding hydrogens is 543 g/mol. The normalized spacial score (nSPS) is 14.2. The lowest BCUT2D eigenvalue weighted by molar-refractivity contribution is -0.633. The van der Waals surface area contributed by atoms with E-state index in [0.29, 0.717) is 17.8 Å². The third-order valence-electron chi connectivity index (χ3n) is 9.47. The lowest BCUT2D eigenvalue weighted by atomic mass is 9.88. The molecule has 0 atom stereocenters. The van der Waals surface area contributed by atoms with Gasteiger partial charge in [0.2, 0.25) is 0 Å². The second-order valence-electron chi connectivity index (χ2n) is 13.0. The minimum atomic E-state index is 0.348. The Morgan fingerprint density at radius 1 is 0.814 bits per heavy atom. The Morgan fingerprint density at radius 3 is 2.14 bits per heavy atom. The van der Waals surface area contributed by atoms with Crippen LogP contribution in [0, 0.1) is 6.92 Å². The molecule has 0 radical (unpaired) electrons. The van der Waals surface area contributed by atoms with E-state index in [2.05, 4.69) is 130 Å². The van der Waals surface area contributed by atoms with E-state index in [9.17, 15) is 0 Å². The summed E-state index contributed by atoms with van der Waals surface area (Å²) in [4.78, 5) is 5.44. The van der Waals surface area contributed by atoms with Crippen LogP contribution in [-0.2, 0) is 7.05 Å². The number of para-hydroxylation sites is 2. The minimum Gasteiger partial charge on any atom is -0.240 e. The summed E-state index contributed by atoms with van der Waals surface area (Å²) in [6, 6.07) is 29.2. The van der Waals surface area contributed by atoms with Gasteiger partial charge in [-0.15, -0.1) is 11.3 Å². The summed E-state index contributed by atoms with van der Waals surface area (Å²) in [5.74, 6) is 2.51. The summed E-state index contributed by atoms with van der Waals surface area (Å²) < 4.78 is 6.28. The van der Waals surface area contributed by atoms with Crippen LogP contribution in [0.1, 0.15) is 92.8 Å². The Labute approximate surface area is 259 Å². The van der Waals surface area contributed by atoms with E-state index < -0.39 is 0 Å². The van der Waals surface area contributed by atoms with Crippen LogP contribution in [-0.4, -0.2) is 9.55 Å². The van der Waals surface area contributed by atoms with E-state index in [1.807, 2.05) is 11.3 Å². The first-order chi connectivity index (χ1) is 20.8. The lowest BCUT2D eigenvalue weighted by Crippen LogP contribution is -2.30. The van der Waals surface area contributed by atoms with Crippen LogP contribution in [0.3, 0.4) is 0 Å². The van der Waals surface area contributed by atoms with Crippen LogP contribution >= 0.6 is 11.3 Å². The van der Waals surface area contributed by atoms with Gasteiger partial charge >= 0.3 is 0 Å². The highest BCUT2D eigenvalue weighted by Gasteiger charge is 2.34. The Morgan fingerprint density at radius 2 is 1.47 bits per heavy atom. The number of hydrogen-bond donors (Lipinski definition) is 0. The van der Waals surface area contributed by atoms with Crippen LogP contribution in [0.25, 0.3) is 49.5 Å². The molecule has 0 spiro atoms. The maximum atomic E-state index is 5.44. The smallest absolute Gasteiger partial charge is 0.240 e. The molecule has 6 aromatic rings. The van der Waals surface area contributed by atoms with Crippen molar-refractivity contribution in [3.8, 4) is 28.2 Å². The minimum absolute atomic E-state index is 0.348. The number of fused-ring (bicyclic) bond motifs is 2. The van der Waals surface area contributed by atoms with E-state index in [1.54, 1.807) is 0 Å². The van der Waals surface area contributed by atoms with Gasteiger partial charge in [-0.1, -0.05) is 89.1 Å². The van der Waals surface area contributed by atoms with Gasteiger partial charge in [0.05, 0.1) is 27.8 Å². The number of benzene rings is 4. The van der Waals surface area contributed by atoms with Crippen molar-refractivity contribution in [2.24, 2.45) is 7.05 Å². The van der Waals surface area contributed by atoms with Crippen molar-refractivity contribution in [2.75, 3.05) is 0 Å². The molecule has 7 rings (SSSR count). The van der Waals surface area contributed by atoms with Gasteiger partial charge in [0.15, 0.2) is 11.0 Å². The highest BCUT2D eigenvalue weighted by molar-refractivity contribution is 7.18. The third kappa shape index (κ3) is 4.71. The molecule has 4 heteroatoms. The van der Waals surface area contributed by atoms with Crippen molar-refractivity contribution in [1.82, 2.24) is 9.55 Å². The highest BCUT2D eigenvalue weighted by Crippen LogP contribution is 2.44. The molecule has 1 saturated carbocycles. The Balaban J connectivity index is 1.59. The summed E-state index contributed by atoms with van der Waals surface area (Å²) in [7, 11) is 2.24. The lowest BCUT2D eigenvalue weighted by Gasteiger charge is -2.21. The van der Waals surface area contributed by atoms with E-state index >= 15 is 0 Å². The summed E-state index contributed by atoms with van der Waals surface area (Å²) in [5, 5.41) is 1.32. The third-order valence-corrected chi connectivity index (χ3v) is 10.7. The molecule has 0 N–H and O–H groups in total. The first-order valence-electron chi connectivity index (χ1n) is 16.0. The Bertz CT molecular complexity index is 1920. The van der Waals surface area contributed by atoms with Crippen LogP contribution in [0.2, 0.25) is 0 Å². The zero-order valence-electron chi connectivity index (χ0n) is 26.3. The molecule has 218 valence electrons. The van der Waals surface area contributed by atoms with Gasteiger partial charge in [0.25, 0.3) is 5.82 Å². The number of thiazole rings is 1. The molecule has 4 aromatic carbocycles. The van der Waals surface area contributed by atoms with E-state index in [4.69, 9.17) is 4.98 Å². The Kier molecular flexibility index (Phi) is 7.21. The van der Waals surface area contributed by atoms with Gasteiger partial charge in [0, 0.05) is 17.0 Å². The second kappa shape index (κ2) is 11.1. The largest absolute Gasteiger partial charge is 0.297 e. The zero-order valence-corrected chi connectivity index (χ0v) is 27.1. The average molecular weight is 585 g/mol. The zero-order chi connectivity index (χ0) is 29.8. The first-order valence-corrected chi connectivity index (χ1v) is 16.8. The van der Waals surface area contributed by atoms with Gasteiger partial charge in [-0.05, 0) is 78.6 Å². The Hall–Kier alpha value is -3.76. The number of aromatic nitrogens is 3. The number of rotatable bonds is 6. The fraction of sp³-hybridized carbons (Fsp3) is 0.333. The van der Waals surface area contributed by atoms with Crippen molar-refractivity contribution >= 4 is 32.6 Å². The average Bonchev–Trinajstić information content (AvgIpc) is 3.76. The van der Waals surface area contributed by atoms with Gasteiger partial charge < -0.3 is 0 Å². The molecule has 0 amide bonds. The molecule has 0 saturated heterocycles. The van der Waals surface area contributed by atoms with Crippen LogP contribution in [0.15, 0.2) is 78.9 Å². The number of aryl methyl sites for hydroxylation is 2. The molecule has 3 nitrogen and oxygen atoms in total. The summed E-state index contributed by atoms with van der Waals surface area (Å²) in [6.45, 7) is 11.6. The van der Waals surface area contributed by atoms with Crippen molar-refractivity contribution in [1.29, 1.82) is 0 Å². The molecule has 0 bridgehead atoms. The summed E-state index contributed by atoms with van der Waals surface area (Å²) in [6.07, 6.45) is 5.19. The van der Waals surface area contributed by atoms with Crippen molar-refractivity contribution < 1.29 is 4.57 Å². The molecule has 1 aliphatic carbocycles. The highest BCUT2D eigenvalue weighted by atomic mass is 32.1. The number of nitrogens with zero attached hydrogens (tertiary/aromatic N) is 3. The monoisotopic (exact) mass is 584 g/mol. The van der Waals surface area contributed by atoms with Crippen molar-refractivity contribution in [3.63, 3.8) is 0 Å². The van der Waals surface area contributed by atoms with Gasteiger partial charge in [-0.25, -0.2) is 9.55 Å². The first kappa shape index (κ1) is 28.0. The summed E-state index contributed by atoms with van der Waals surface area (Å²) in [5.41, 5.74) is 12.8. The molecule has 1 aliphatic rings. The SMILES string of the molecule is Cc1ccc2sc(C3CCCC3)nc2c1-c1n(-c2c(C(C)C)cc(-c3ccccc3)cc2C(C)C)c2ccccc2[n+]1C. The number of hydrogen-bond acceptors (Lipinski definition) is 2. The van der Waals surface area contributed by atoms with E-state index in [0.717, 1.165) is 5.52 Å². The van der Waals surface area contributed by atoms with Crippen molar-refractivity contribution in [2.45, 2.75) is 78.1 Å². The quantitative estimate of drug-likeness (QED) is 0.178. The van der Waals surface area contributed by atoms with Gasteiger partial charge in [-0.3, -0.25) is 0 Å². The molecule has 43 heavy (non-hydrogen) atoms. The van der Waals surface area contributed by atoms with Crippen LogP contribution in [0.5, 0.6) is 0 Å². The fourth-order valence-electron chi connectivity index (χ4n) is 7.18. The molecule has 0 unspecified atom stereocenters. The second-order valence-corrected chi connectivity index (χ2v) is 14.1. The maximum absolute atomic E-state index is 5.44. The van der Waals surface area contributed by atoms with Gasteiger partial charge in [-0.2, -0.15) is 4.57 Å². The van der Waals surface area contributed by atoms with Crippen molar-refractivity contribution in [3.05, 3.63) is 101 Å². The fourth-order valence-corrected chi connectivity index (χ4v) is 8.32. The molecule has 1 fully saturated rings. The predicted octanol–water partition coefficient (Wildman–Crippen LogP) is 10.6. The van der Waals surface area contributed by atoms with Crippen LogP contribution in [0.4, 0.5) is 0 Å². The van der Waals surface area contributed by atoms with Gasteiger partial charge in [0.1, 0.15) is 5.69 Å². The maximum Gasteiger partial charge on any atom is 0.297 e. The van der Waals surface area contributed by atoms with E-state index in [-0.39, 0.29) is 0 Å². The van der Waals surface area contributed by atoms with E-state index in [1.165, 1.54) is 91.3 Å².